The maximum absolute atomic E-state index is 13.3. The predicted octanol–water partition coefficient (Wildman–Crippen LogP) is 3.80. The molecule has 2 aliphatic rings. The third-order valence-corrected chi connectivity index (χ3v) is 8.08. The molecule has 0 spiro atoms. The Morgan fingerprint density at radius 2 is 1.70 bits per heavy atom. The number of rotatable bonds is 2. The van der Waals surface area contributed by atoms with Gasteiger partial charge in [0, 0.05) is 43.2 Å². The number of aryl methyl sites for hydroxylation is 3. The van der Waals surface area contributed by atoms with Crippen LogP contribution in [-0.2, 0) is 42.9 Å². The molecule has 0 N–H and O–H groups in total. The fourth-order valence-corrected chi connectivity index (χ4v) is 6.19. The topological polar surface area (TPSA) is 42.3 Å². The Hall–Kier alpha value is -2.11. The first-order chi connectivity index (χ1) is 13.1. The molecule has 140 valence electrons. The highest BCUT2D eigenvalue weighted by atomic mass is 32.2. The lowest BCUT2D eigenvalue weighted by molar-refractivity contribution is 0.388. The summed E-state index contributed by atoms with van der Waals surface area (Å²) in [6, 6.07) is 14.0. The third-order valence-electron chi connectivity index (χ3n) is 6.23. The molecule has 0 unspecified atom stereocenters. The quantitative estimate of drug-likeness (QED) is 0.679. The number of hydrogen-bond acceptors (Lipinski definition) is 2. The van der Waals surface area contributed by atoms with Crippen LogP contribution in [0.2, 0.25) is 0 Å². The maximum Gasteiger partial charge on any atom is 0.243 e. The molecule has 0 bridgehead atoms. The Balaban J connectivity index is 1.53. The van der Waals surface area contributed by atoms with Crippen LogP contribution in [0.1, 0.15) is 35.2 Å². The zero-order valence-corrected chi connectivity index (χ0v) is 16.4. The average molecular weight is 381 g/mol. The van der Waals surface area contributed by atoms with Crippen LogP contribution < -0.4 is 0 Å². The monoisotopic (exact) mass is 380 g/mol. The molecule has 0 fully saturated rings. The number of aromatic nitrogens is 1. The molecule has 0 amide bonds. The van der Waals surface area contributed by atoms with Gasteiger partial charge in [-0.15, -0.1) is 0 Å². The van der Waals surface area contributed by atoms with Crippen molar-refractivity contribution in [2.45, 2.75) is 43.5 Å². The van der Waals surface area contributed by atoms with E-state index in [1.54, 1.807) is 10.4 Å². The minimum atomic E-state index is -3.47. The first kappa shape index (κ1) is 17.0. The van der Waals surface area contributed by atoms with E-state index in [9.17, 15) is 8.42 Å². The van der Waals surface area contributed by atoms with Gasteiger partial charge in [0.25, 0.3) is 0 Å². The van der Waals surface area contributed by atoms with E-state index >= 15 is 0 Å². The van der Waals surface area contributed by atoms with E-state index in [0.29, 0.717) is 18.0 Å². The second-order valence-corrected chi connectivity index (χ2v) is 9.67. The van der Waals surface area contributed by atoms with Crippen LogP contribution in [0.15, 0.2) is 47.4 Å². The molecular weight excluding hydrogens is 356 g/mol. The highest BCUT2D eigenvalue weighted by Gasteiger charge is 2.31. The van der Waals surface area contributed by atoms with Crippen molar-refractivity contribution in [1.82, 2.24) is 8.87 Å². The maximum atomic E-state index is 13.3. The summed E-state index contributed by atoms with van der Waals surface area (Å²) in [6.07, 6.45) is 5.17. The van der Waals surface area contributed by atoms with Crippen LogP contribution in [0.4, 0.5) is 0 Å². The third kappa shape index (κ3) is 2.64. The molecule has 4 nitrogen and oxygen atoms in total. The number of fused-ring (bicyclic) bond motifs is 4. The summed E-state index contributed by atoms with van der Waals surface area (Å²) in [4.78, 5) is 0.451. The number of hydrogen-bond donors (Lipinski definition) is 0. The molecule has 1 aromatic heterocycles. The van der Waals surface area contributed by atoms with E-state index < -0.39 is 10.0 Å². The average Bonchev–Trinajstić information content (AvgIpc) is 3.00. The van der Waals surface area contributed by atoms with Gasteiger partial charge in [0.05, 0.1) is 4.90 Å². The van der Waals surface area contributed by atoms with E-state index in [-0.39, 0.29) is 0 Å². The molecule has 1 aliphatic heterocycles. The lowest BCUT2D eigenvalue weighted by Crippen LogP contribution is -2.36. The second-order valence-electron chi connectivity index (χ2n) is 7.73. The SMILES string of the molecule is Cn1c2c(c3ccccc31)CN(S(=O)(=O)c1ccc3c(c1)CCCC3)CC2. The lowest BCUT2D eigenvalue weighted by Gasteiger charge is -2.28. The summed E-state index contributed by atoms with van der Waals surface area (Å²) < 4.78 is 30.6. The summed E-state index contributed by atoms with van der Waals surface area (Å²) in [7, 11) is -1.40. The molecule has 5 rings (SSSR count). The Morgan fingerprint density at radius 1 is 0.926 bits per heavy atom. The zero-order chi connectivity index (χ0) is 18.6. The second kappa shape index (κ2) is 6.21. The van der Waals surface area contributed by atoms with Gasteiger partial charge in [-0.2, -0.15) is 4.31 Å². The smallest absolute Gasteiger partial charge is 0.243 e. The van der Waals surface area contributed by atoms with Gasteiger partial charge in [-0.3, -0.25) is 0 Å². The van der Waals surface area contributed by atoms with Gasteiger partial charge in [-0.25, -0.2) is 8.42 Å². The number of nitrogens with zero attached hydrogens (tertiary/aromatic N) is 2. The summed E-state index contributed by atoms with van der Waals surface area (Å²) in [5, 5.41) is 1.17. The molecule has 2 aromatic carbocycles. The standard InChI is InChI=1S/C22H24N2O2S/c1-23-21-9-5-4-8-19(21)20-15-24(13-12-22(20)23)27(25,26)18-11-10-16-6-2-3-7-17(16)14-18/h4-5,8-11,14H,2-3,6-7,12-13,15H2,1H3. The van der Waals surface area contributed by atoms with Crippen LogP contribution in [0, 0.1) is 0 Å². The molecule has 0 atom stereocenters. The van der Waals surface area contributed by atoms with Crippen LogP contribution >= 0.6 is 0 Å². The summed E-state index contributed by atoms with van der Waals surface area (Å²) in [5.41, 5.74) is 6.12. The summed E-state index contributed by atoms with van der Waals surface area (Å²) in [6.45, 7) is 0.993. The molecule has 0 saturated heterocycles. The van der Waals surface area contributed by atoms with Crippen molar-refractivity contribution in [3.63, 3.8) is 0 Å². The van der Waals surface area contributed by atoms with Gasteiger partial charge in [-0.1, -0.05) is 24.3 Å². The Morgan fingerprint density at radius 3 is 2.56 bits per heavy atom. The minimum absolute atomic E-state index is 0.451. The van der Waals surface area contributed by atoms with Crippen LogP contribution in [-0.4, -0.2) is 23.8 Å². The van der Waals surface area contributed by atoms with Crippen molar-refractivity contribution in [2.75, 3.05) is 6.54 Å². The van der Waals surface area contributed by atoms with Crippen molar-refractivity contribution in [3.8, 4) is 0 Å². The van der Waals surface area contributed by atoms with Gasteiger partial charge in [-0.05, 0) is 60.6 Å². The first-order valence-electron chi connectivity index (χ1n) is 9.73. The highest BCUT2D eigenvalue weighted by molar-refractivity contribution is 7.89. The Kier molecular flexibility index (Phi) is 3.92. The Labute approximate surface area is 160 Å². The number of sulfonamides is 1. The largest absolute Gasteiger partial charge is 0.347 e. The Bertz CT molecular complexity index is 1140. The van der Waals surface area contributed by atoms with Gasteiger partial charge >= 0.3 is 0 Å². The van der Waals surface area contributed by atoms with Gasteiger partial charge in [0.2, 0.25) is 10.0 Å². The van der Waals surface area contributed by atoms with E-state index in [4.69, 9.17) is 0 Å². The van der Waals surface area contributed by atoms with Crippen LogP contribution in [0.5, 0.6) is 0 Å². The zero-order valence-electron chi connectivity index (χ0n) is 15.6. The molecule has 0 radical (unpaired) electrons. The summed E-state index contributed by atoms with van der Waals surface area (Å²) in [5.74, 6) is 0. The highest BCUT2D eigenvalue weighted by Crippen LogP contribution is 2.33. The van der Waals surface area contributed by atoms with E-state index in [0.717, 1.165) is 31.2 Å². The number of benzene rings is 2. The van der Waals surface area contributed by atoms with Crippen LogP contribution in [0.3, 0.4) is 0 Å². The van der Waals surface area contributed by atoms with Crippen molar-refractivity contribution in [1.29, 1.82) is 0 Å². The van der Waals surface area contributed by atoms with Crippen molar-refractivity contribution in [3.05, 3.63) is 64.8 Å². The minimum Gasteiger partial charge on any atom is -0.347 e. The van der Waals surface area contributed by atoms with Crippen LogP contribution in [0.25, 0.3) is 10.9 Å². The van der Waals surface area contributed by atoms with E-state index in [1.165, 1.54) is 34.1 Å². The molecule has 1 aliphatic carbocycles. The van der Waals surface area contributed by atoms with Gasteiger partial charge in [0.1, 0.15) is 0 Å². The van der Waals surface area contributed by atoms with E-state index in [2.05, 4.69) is 23.7 Å². The van der Waals surface area contributed by atoms with Crippen molar-refractivity contribution < 1.29 is 8.42 Å². The fourth-order valence-electron chi connectivity index (χ4n) is 4.73. The fraction of sp³-hybridized carbons (Fsp3) is 0.364. The molecule has 2 heterocycles. The van der Waals surface area contributed by atoms with Crippen molar-refractivity contribution >= 4 is 20.9 Å². The van der Waals surface area contributed by atoms with E-state index in [1.807, 2.05) is 24.3 Å². The molecule has 27 heavy (non-hydrogen) atoms. The lowest BCUT2D eigenvalue weighted by atomic mass is 9.92. The van der Waals surface area contributed by atoms with Gasteiger partial charge < -0.3 is 4.57 Å². The number of para-hydroxylation sites is 1. The molecular formula is C22H24N2O2S. The normalized spacial score (nSPS) is 17.7. The summed E-state index contributed by atoms with van der Waals surface area (Å²) >= 11 is 0. The molecule has 3 aromatic rings. The van der Waals surface area contributed by atoms with Crippen molar-refractivity contribution in [2.24, 2.45) is 7.05 Å². The molecule has 5 heteroatoms. The predicted molar refractivity (Wildman–Crippen MR) is 107 cm³/mol. The van der Waals surface area contributed by atoms with Gasteiger partial charge in [0.15, 0.2) is 0 Å². The first-order valence-corrected chi connectivity index (χ1v) is 11.2. The molecule has 0 saturated carbocycles.